The van der Waals surface area contributed by atoms with Crippen LogP contribution < -0.4 is 0 Å². The Kier molecular flexibility index (Phi) is 8.78. The van der Waals surface area contributed by atoms with E-state index in [1.165, 1.54) is 31.0 Å². The van der Waals surface area contributed by atoms with Crippen LogP contribution in [0.5, 0.6) is 0 Å². The third kappa shape index (κ3) is 10.3. The van der Waals surface area contributed by atoms with Gasteiger partial charge in [0, 0.05) is 6.42 Å². The first-order valence-corrected chi connectivity index (χ1v) is 13.8. The van der Waals surface area contributed by atoms with Gasteiger partial charge in [-0.25, -0.2) is 0 Å². The van der Waals surface area contributed by atoms with Crippen molar-refractivity contribution in [2.45, 2.75) is 77.3 Å². The minimum Gasteiger partial charge on any atom is -0.455 e. The van der Waals surface area contributed by atoms with Crippen molar-refractivity contribution >= 4 is 22.4 Å². The fraction of sp³-hybridized carbons (Fsp3) is 0.800. The molecule has 0 atom stereocenters. The summed E-state index contributed by atoms with van der Waals surface area (Å²) >= 11 is 0. The predicted octanol–water partition coefficient (Wildman–Crippen LogP) is 5.14. The third-order valence-electron chi connectivity index (χ3n) is 3.36. The molecule has 0 aliphatic carbocycles. The number of rotatable bonds is 11. The molecule has 0 saturated heterocycles. The second-order valence-electron chi connectivity index (χ2n) is 6.60. The summed E-state index contributed by atoms with van der Waals surface area (Å²) < 4.78 is 6.53. The van der Waals surface area contributed by atoms with Gasteiger partial charge in [-0.3, -0.25) is 4.79 Å². The second-order valence-corrected chi connectivity index (χ2v) is 15.5. The minimum absolute atomic E-state index is 0.165. The number of hydrogen-bond acceptors (Lipinski definition) is 2. The maximum Gasteiger partial charge on any atom is 0.173 e. The van der Waals surface area contributed by atoms with Gasteiger partial charge in [0.2, 0.25) is 0 Å². The Morgan fingerprint density at radius 2 is 1.58 bits per heavy atom. The highest BCUT2D eigenvalue weighted by Gasteiger charge is 2.31. The molecular formula is C15H32O2Si2. The number of carbonyl (C=O) groups excluding carboxylic acids is 1. The van der Waals surface area contributed by atoms with Gasteiger partial charge in [0.05, 0.1) is 0 Å². The van der Waals surface area contributed by atoms with E-state index in [9.17, 15) is 4.79 Å². The quantitative estimate of drug-likeness (QED) is 0.300. The van der Waals surface area contributed by atoms with Gasteiger partial charge in [-0.05, 0) is 50.8 Å². The van der Waals surface area contributed by atoms with E-state index >= 15 is 0 Å². The van der Waals surface area contributed by atoms with Gasteiger partial charge < -0.3 is 4.12 Å². The average molecular weight is 301 g/mol. The molecule has 0 rings (SSSR count). The van der Waals surface area contributed by atoms with Crippen LogP contribution in [0.1, 0.15) is 39.0 Å². The van der Waals surface area contributed by atoms with E-state index in [2.05, 4.69) is 39.7 Å². The van der Waals surface area contributed by atoms with Crippen LogP contribution in [-0.4, -0.2) is 22.4 Å². The molecule has 0 amide bonds. The van der Waals surface area contributed by atoms with Gasteiger partial charge in [0.15, 0.2) is 22.4 Å². The summed E-state index contributed by atoms with van der Waals surface area (Å²) in [5.74, 6) is 0.165. The molecule has 0 spiro atoms. The summed E-state index contributed by atoms with van der Waals surface area (Å²) in [6, 6.07) is 2.44. The Morgan fingerprint density at radius 3 is 2.05 bits per heavy atom. The predicted molar refractivity (Wildman–Crippen MR) is 89.6 cm³/mol. The van der Waals surface area contributed by atoms with Gasteiger partial charge in [-0.15, -0.1) is 0 Å². The molecule has 19 heavy (non-hydrogen) atoms. The Bertz CT molecular complexity index is 286. The van der Waals surface area contributed by atoms with Crippen molar-refractivity contribution in [2.75, 3.05) is 0 Å². The first kappa shape index (κ1) is 18.8. The zero-order valence-electron chi connectivity index (χ0n) is 13.6. The number of allylic oxidation sites excluding steroid dienone is 1. The first-order chi connectivity index (χ1) is 8.72. The van der Waals surface area contributed by atoms with Crippen LogP contribution in [0.2, 0.25) is 38.3 Å². The molecule has 0 N–H and O–H groups in total. The van der Waals surface area contributed by atoms with Crippen LogP contribution in [0.3, 0.4) is 0 Å². The fourth-order valence-corrected chi connectivity index (χ4v) is 11.5. The van der Waals surface area contributed by atoms with Crippen LogP contribution in [0, 0.1) is 0 Å². The van der Waals surface area contributed by atoms with E-state index in [1.54, 1.807) is 0 Å². The zero-order valence-corrected chi connectivity index (χ0v) is 15.6. The van der Waals surface area contributed by atoms with E-state index < -0.39 is 16.6 Å². The lowest BCUT2D eigenvalue weighted by atomic mass is 10.2. The largest absolute Gasteiger partial charge is 0.455 e. The number of carbonyl (C=O) groups is 1. The lowest BCUT2D eigenvalue weighted by Crippen LogP contribution is -2.44. The number of unbranched alkanes of at least 4 members (excludes halogenated alkanes) is 2. The van der Waals surface area contributed by atoms with Crippen LogP contribution in [0.4, 0.5) is 0 Å². The van der Waals surface area contributed by atoms with Gasteiger partial charge in [0.25, 0.3) is 0 Å². The molecule has 0 saturated carbocycles. The Balaban J connectivity index is 4.02. The highest BCUT2D eigenvalue weighted by Crippen LogP contribution is 2.25. The average Bonchev–Trinajstić information content (AvgIpc) is 2.30. The van der Waals surface area contributed by atoms with E-state index in [-0.39, 0.29) is 5.78 Å². The molecule has 0 aromatic heterocycles. The zero-order chi connectivity index (χ0) is 14.9. The summed E-state index contributed by atoms with van der Waals surface area (Å²) in [5.41, 5.74) is 0. The second kappa shape index (κ2) is 8.87. The van der Waals surface area contributed by atoms with Crippen LogP contribution >= 0.6 is 0 Å². The smallest absolute Gasteiger partial charge is 0.173 e. The number of hydrogen-bond donors (Lipinski definition) is 0. The molecular weight excluding hydrogens is 268 g/mol. The van der Waals surface area contributed by atoms with Gasteiger partial charge in [0.1, 0.15) is 0 Å². The molecule has 0 bridgehead atoms. The highest BCUT2D eigenvalue weighted by atomic mass is 28.4. The van der Waals surface area contributed by atoms with Crippen molar-refractivity contribution in [1.29, 1.82) is 0 Å². The summed E-state index contributed by atoms with van der Waals surface area (Å²) in [6.45, 7) is 15.1. The molecule has 0 aliphatic heterocycles. The molecule has 4 heteroatoms. The van der Waals surface area contributed by atoms with E-state index in [0.29, 0.717) is 6.42 Å². The molecule has 0 aromatic carbocycles. The Hall–Kier alpha value is -0.196. The molecule has 112 valence electrons. The molecule has 0 radical (unpaired) electrons. The summed E-state index contributed by atoms with van der Waals surface area (Å²) in [6.07, 6.45) is 6.70. The summed E-state index contributed by atoms with van der Waals surface area (Å²) in [4.78, 5) is 11.2. The standard InChI is InChI=1S/C15H32O2Si2/c1-7-9-13-18(3,4)17-19(5,6)14-11-10-12-15(16)8-2/h8H,2,7,9-14H2,1,3-6H3. The molecule has 0 unspecified atom stereocenters. The van der Waals surface area contributed by atoms with E-state index in [1.807, 2.05) is 0 Å². The lowest BCUT2D eigenvalue weighted by molar-refractivity contribution is -0.114. The topological polar surface area (TPSA) is 26.3 Å². The maximum atomic E-state index is 11.2. The fourth-order valence-electron chi connectivity index (χ4n) is 2.40. The van der Waals surface area contributed by atoms with E-state index in [0.717, 1.165) is 12.8 Å². The van der Waals surface area contributed by atoms with Crippen LogP contribution in [-0.2, 0) is 8.91 Å². The maximum absolute atomic E-state index is 11.2. The van der Waals surface area contributed by atoms with Gasteiger partial charge in [-0.2, -0.15) is 0 Å². The van der Waals surface area contributed by atoms with Crippen LogP contribution in [0.25, 0.3) is 0 Å². The first-order valence-electron chi connectivity index (χ1n) is 7.58. The molecule has 0 fully saturated rings. The summed E-state index contributed by atoms with van der Waals surface area (Å²) in [5, 5.41) is 0. The van der Waals surface area contributed by atoms with Gasteiger partial charge >= 0.3 is 0 Å². The SMILES string of the molecule is C=CC(=O)CCCC[Si](C)(C)O[Si](C)(C)CCCC. The van der Waals surface area contributed by atoms with Crippen molar-refractivity contribution < 1.29 is 8.91 Å². The molecule has 0 aromatic rings. The van der Waals surface area contributed by atoms with Crippen molar-refractivity contribution in [3.63, 3.8) is 0 Å². The van der Waals surface area contributed by atoms with Crippen LogP contribution in [0.15, 0.2) is 12.7 Å². The molecule has 0 heterocycles. The van der Waals surface area contributed by atoms with Gasteiger partial charge in [-0.1, -0.05) is 32.8 Å². The molecule has 0 aliphatic rings. The minimum atomic E-state index is -1.55. The summed E-state index contributed by atoms with van der Waals surface area (Å²) in [7, 11) is -3.02. The third-order valence-corrected chi connectivity index (χ3v) is 10.9. The van der Waals surface area contributed by atoms with Crippen molar-refractivity contribution in [3.8, 4) is 0 Å². The highest BCUT2D eigenvalue weighted by molar-refractivity contribution is 6.84. The Labute approximate surface area is 121 Å². The lowest BCUT2D eigenvalue weighted by Gasteiger charge is -2.34. The van der Waals surface area contributed by atoms with Crippen molar-refractivity contribution in [1.82, 2.24) is 0 Å². The normalized spacial score (nSPS) is 12.5. The monoisotopic (exact) mass is 300 g/mol. The number of ketones is 1. The molecule has 2 nitrogen and oxygen atoms in total. The van der Waals surface area contributed by atoms with E-state index in [4.69, 9.17) is 4.12 Å². The van der Waals surface area contributed by atoms with Crippen molar-refractivity contribution in [3.05, 3.63) is 12.7 Å². The van der Waals surface area contributed by atoms with Crippen molar-refractivity contribution in [2.24, 2.45) is 0 Å². The Morgan fingerprint density at radius 1 is 1.05 bits per heavy atom.